The molecule has 0 aliphatic carbocycles. The first-order valence-electron chi connectivity index (χ1n) is 6.17. The van der Waals surface area contributed by atoms with E-state index in [1.54, 1.807) is 0 Å². The van der Waals surface area contributed by atoms with Gasteiger partial charge < -0.3 is 10.6 Å². The van der Waals surface area contributed by atoms with Crippen LogP contribution in [0, 0.1) is 17.8 Å². The Morgan fingerprint density at radius 1 is 1.11 bits per heavy atom. The van der Waals surface area contributed by atoms with Crippen LogP contribution in [-0.2, 0) is 4.79 Å². The minimum absolute atomic E-state index is 0.0774. The van der Waals surface area contributed by atoms with Crippen molar-refractivity contribution in [2.45, 2.75) is 33.9 Å². The van der Waals surface area contributed by atoms with Gasteiger partial charge in [0.1, 0.15) is 6.54 Å². The van der Waals surface area contributed by atoms with Crippen molar-refractivity contribution in [1.29, 1.82) is 0 Å². The predicted molar refractivity (Wildman–Crippen MR) is 65.1 cm³/mol. The molecule has 0 fully saturated rings. The topological polar surface area (TPSA) is 41.1 Å². The lowest BCUT2D eigenvalue weighted by Crippen LogP contribution is -2.41. The average molecular weight is 268 g/mol. The second-order valence-electron chi connectivity index (χ2n) is 5.17. The number of alkyl halides is 3. The van der Waals surface area contributed by atoms with E-state index in [9.17, 15) is 18.0 Å². The van der Waals surface area contributed by atoms with Gasteiger partial charge in [0.25, 0.3) is 0 Å². The maximum absolute atomic E-state index is 11.8. The normalized spacial score (nSPS) is 12.6. The van der Waals surface area contributed by atoms with Crippen molar-refractivity contribution in [1.82, 2.24) is 10.6 Å². The zero-order valence-electron chi connectivity index (χ0n) is 11.4. The molecular formula is C12H23F3N2O. The number of carbonyl (C=O) groups is 1. The highest BCUT2D eigenvalue weighted by Gasteiger charge is 2.27. The van der Waals surface area contributed by atoms with Crippen LogP contribution in [0.25, 0.3) is 0 Å². The van der Waals surface area contributed by atoms with Gasteiger partial charge in [0.15, 0.2) is 0 Å². The molecule has 0 aliphatic rings. The van der Waals surface area contributed by atoms with E-state index in [4.69, 9.17) is 0 Å². The summed E-state index contributed by atoms with van der Waals surface area (Å²) in [5.74, 6) is 0.713. The predicted octanol–water partition coefficient (Wildman–Crippen LogP) is 2.18. The molecule has 1 amide bonds. The van der Waals surface area contributed by atoms with Gasteiger partial charge in [-0.15, -0.1) is 0 Å². The lowest BCUT2D eigenvalue weighted by atomic mass is 9.85. The minimum atomic E-state index is -4.35. The molecule has 0 atom stereocenters. The number of amides is 1. The average Bonchev–Trinajstić information content (AvgIpc) is 2.19. The lowest BCUT2D eigenvalue weighted by Gasteiger charge is -2.25. The van der Waals surface area contributed by atoms with Gasteiger partial charge in [-0.2, -0.15) is 13.2 Å². The molecule has 0 aromatic heterocycles. The highest BCUT2D eigenvalue weighted by atomic mass is 19.4. The van der Waals surface area contributed by atoms with E-state index in [1.807, 2.05) is 5.32 Å². The van der Waals surface area contributed by atoms with E-state index < -0.39 is 18.6 Å². The summed E-state index contributed by atoms with van der Waals surface area (Å²) >= 11 is 0. The number of nitrogens with one attached hydrogen (secondary N) is 2. The number of hydrogen-bond acceptors (Lipinski definition) is 2. The SMILES string of the molecule is CC(C)C(CNCC(=O)NCC(F)(F)F)C(C)C. The van der Waals surface area contributed by atoms with E-state index in [-0.39, 0.29) is 6.54 Å². The fourth-order valence-electron chi connectivity index (χ4n) is 1.85. The Labute approximate surface area is 107 Å². The van der Waals surface area contributed by atoms with Crippen molar-refractivity contribution >= 4 is 5.91 Å². The van der Waals surface area contributed by atoms with Crippen molar-refractivity contribution in [3.8, 4) is 0 Å². The molecule has 6 heteroatoms. The monoisotopic (exact) mass is 268 g/mol. The van der Waals surface area contributed by atoms with E-state index >= 15 is 0 Å². The summed E-state index contributed by atoms with van der Waals surface area (Å²) in [6.45, 7) is 7.66. The first kappa shape index (κ1) is 17.2. The lowest BCUT2D eigenvalue weighted by molar-refractivity contribution is -0.137. The van der Waals surface area contributed by atoms with Crippen molar-refractivity contribution < 1.29 is 18.0 Å². The summed E-state index contributed by atoms with van der Waals surface area (Å²) in [6.07, 6.45) is -4.35. The van der Waals surface area contributed by atoms with Crippen molar-refractivity contribution in [3.05, 3.63) is 0 Å². The molecule has 0 aromatic rings. The summed E-state index contributed by atoms with van der Waals surface area (Å²) in [7, 11) is 0. The first-order valence-corrected chi connectivity index (χ1v) is 6.17. The molecule has 0 saturated carbocycles. The summed E-state index contributed by atoms with van der Waals surface area (Å²) in [5, 5.41) is 4.73. The van der Waals surface area contributed by atoms with Crippen LogP contribution in [0.15, 0.2) is 0 Å². The molecule has 0 spiro atoms. The third-order valence-corrected chi connectivity index (χ3v) is 2.86. The molecule has 0 aromatic carbocycles. The van der Waals surface area contributed by atoms with Crippen LogP contribution in [0.1, 0.15) is 27.7 Å². The Morgan fingerprint density at radius 3 is 2.00 bits per heavy atom. The molecule has 3 nitrogen and oxygen atoms in total. The van der Waals surface area contributed by atoms with Crippen LogP contribution in [0.4, 0.5) is 13.2 Å². The molecular weight excluding hydrogens is 245 g/mol. The highest BCUT2D eigenvalue weighted by molar-refractivity contribution is 5.77. The number of hydrogen-bond donors (Lipinski definition) is 2. The van der Waals surface area contributed by atoms with Gasteiger partial charge in [0.2, 0.25) is 5.91 Å². The van der Waals surface area contributed by atoms with Crippen LogP contribution >= 0.6 is 0 Å². The fourth-order valence-corrected chi connectivity index (χ4v) is 1.85. The van der Waals surface area contributed by atoms with Gasteiger partial charge in [-0.05, 0) is 24.3 Å². The molecule has 0 radical (unpaired) electrons. The Hall–Kier alpha value is -0.780. The van der Waals surface area contributed by atoms with Gasteiger partial charge in [-0.3, -0.25) is 4.79 Å². The number of rotatable bonds is 7. The van der Waals surface area contributed by atoms with E-state index in [1.165, 1.54) is 0 Å². The van der Waals surface area contributed by atoms with Gasteiger partial charge in [0.05, 0.1) is 6.54 Å². The van der Waals surface area contributed by atoms with Crippen LogP contribution in [-0.4, -0.2) is 31.7 Å². The Kier molecular flexibility index (Phi) is 7.28. The van der Waals surface area contributed by atoms with Gasteiger partial charge in [-0.25, -0.2) is 0 Å². The Bertz CT molecular complexity index is 244. The molecule has 0 bridgehead atoms. The second kappa shape index (κ2) is 7.61. The van der Waals surface area contributed by atoms with Gasteiger partial charge in [0, 0.05) is 0 Å². The van der Waals surface area contributed by atoms with Crippen LogP contribution in [0.5, 0.6) is 0 Å². The highest BCUT2D eigenvalue weighted by Crippen LogP contribution is 2.19. The van der Waals surface area contributed by atoms with E-state index in [2.05, 4.69) is 33.0 Å². The smallest absolute Gasteiger partial charge is 0.346 e. The molecule has 18 heavy (non-hydrogen) atoms. The number of carbonyl (C=O) groups excluding carboxylic acids is 1. The summed E-state index contributed by atoms with van der Waals surface area (Å²) in [5.41, 5.74) is 0. The summed E-state index contributed by atoms with van der Waals surface area (Å²) < 4.78 is 35.5. The quantitative estimate of drug-likeness (QED) is 0.743. The third kappa shape index (κ3) is 8.33. The Morgan fingerprint density at radius 2 is 1.61 bits per heavy atom. The maximum Gasteiger partial charge on any atom is 0.405 e. The standard InChI is InChI=1S/C12H23F3N2O/c1-8(2)10(9(3)4)5-16-6-11(18)17-7-12(13,14)15/h8-10,16H,5-7H2,1-4H3,(H,17,18). The van der Waals surface area contributed by atoms with E-state index in [0.717, 1.165) is 0 Å². The summed E-state index contributed by atoms with van der Waals surface area (Å²) in [6, 6.07) is 0. The van der Waals surface area contributed by atoms with Gasteiger partial charge >= 0.3 is 6.18 Å². The molecule has 108 valence electrons. The van der Waals surface area contributed by atoms with Gasteiger partial charge in [-0.1, -0.05) is 27.7 Å². The molecule has 2 N–H and O–H groups in total. The van der Waals surface area contributed by atoms with Crippen LogP contribution in [0.2, 0.25) is 0 Å². The van der Waals surface area contributed by atoms with Crippen molar-refractivity contribution in [2.24, 2.45) is 17.8 Å². The molecule has 0 rings (SSSR count). The van der Waals surface area contributed by atoms with Crippen LogP contribution in [0.3, 0.4) is 0 Å². The molecule has 0 unspecified atom stereocenters. The zero-order valence-corrected chi connectivity index (χ0v) is 11.4. The number of halogens is 3. The minimum Gasteiger partial charge on any atom is -0.346 e. The van der Waals surface area contributed by atoms with E-state index in [0.29, 0.717) is 24.3 Å². The second-order valence-corrected chi connectivity index (χ2v) is 5.17. The summed E-state index contributed by atoms with van der Waals surface area (Å²) in [4.78, 5) is 11.1. The fraction of sp³-hybridized carbons (Fsp3) is 0.917. The molecule has 0 aliphatic heterocycles. The first-order chi connectivity index (χ1) is 8.13. The van der Waals surface area contributed by atoms with Crippen LogP contribution < -0.4 is 10.6 Å². The van der Waals surface area contributed by atoms with Crippen molar-refractivity contribution in [2.75, 3.05) is 19.6 Å². The largest absolute Gasteiger partial charge is 0.405 e. The van der Waals surface area contributed by atoms with Crippen molar-refractivity contribution in [3.63, 3.8) is 0 Å². The Balaban J connectivity index is 3.86. The molecule has 0 heterocycles. The zero-order chi connectivity index (χ0) is 14.3. The third-order valence-electron chi connectivity index (χ3n) is 2.86. The molecule has 0 saturated heterocycles. The maximum atomic E-state index is 11.8.